The molecule has 0 saturated carbocycles. The maximum Gasteiger partial charge on any atom is 0.0642 e. The standard InChI is InChI=1S/C10H13ClN2/c1-13-8(6-12)5-7-3-2-4-9(11)10(7)13/h2-4,8H,5-6,12H2,1H3. The predicted octanol–water partition coefficient (Wildman–Crippen LogP) is 1.66. The Bertz CT molecular complexity index is 325. The minimum absolute atomic E-state index is 0.412. The number of hydrogen-bond donors (Lipinski definition) is 1. The highest BCUT2D eigenvalue weighted by atomic mass is 35.5. The number of benzene rings is 1. The zero-order valence-electron chi connectivity index (χ0n) is 7.63. The summed E-state index contributed by atoms with van der Waals surface area (Å²) in [5.41, 5.74) is 8.13. The van der Waals surface area contributed by atoms with Crippen molar-refractivity contribution in [3.63, 3.8) is 0 Å². The van der Waals surface area contributed by atoms with Crippen molar-refractivity contribution >= 4 is 17.3 Å². The maximum absolute atomic E-state index is 6.10. The van der Waals surface area contributed by atoms with E-state index in [1.807, 2.05) is 12.1 Å². The van der Waals surface area contributed by atoms with E-state index in [1.54, 1.807) is 0 Å². The van der Waals surface area contributed by atoms with Crippen LogP contribution in [-0.4, -0.2) is 19.6 Å². The van der Waals surface area contributed by atoms with Gasteiger partial charge in [-0.15, -0.1) is 0 Å². The molecule has 70 valence electrons. The lowest BCUT2D eigenvalue weighted by atomic mass is 10.1. The van der Waals surface area contributed by atoms with Crippen molar-refractivity contribution in [2.45, 2.75) is 12.5 Å². The molecule has 1 atom stereocenters. The van der Waals surface area contributed by atoms with Gasteiger partial charge in [-0.25, -0.2) is 0 Å². The molecule has 1 aliphatic heterocycles. The summed E-state index contributed by atoms with van der Waals surface area (Å²) >= 11 is 6.10. The third-order valence-corrected chi connectivity index (χ3v) is 3.00. The van der Waals surface area contributed by atoms with Crippen LogP contribution in [-0.2, 0) is 6.42 Å². The molecule has 0 bridgehead atoms. The predicted molar refractivity (Wildman–Crippen MR) is 56.4 cm³/mol. The Hall–Kier alpha value is -0.730. The fourth-order valence-corrected chi connectivity index (χ4v) is 2.26. The van der Waals surface area contributed by atoms with E-state index in [-0.39, 0.29) is 0 Å². The van der Waals surface area contributed by atoms with Crippen LogP contribution in [0.4, 0.5) is 5.69 Å². The van der Waals surface area contributed by atoms with Gasteiger partial charge in [0.2, 0.25) is 0 Å². The highest BCUT2D eigenvalue weighted by Gasteiger charge is 2.26. The number of nitrogens with two attached hydrogens (primary N) is 1. The quantitative estimate of drug-likeness (QED) is 0.741. The molecule has 0 aliphatic carbocycles. The van der Waals surface area contributed by atoms with Crippen molar-refractivity contribution in [3.05, 3.63) is 28.8 Å². The van der Waals surface area contributed by atoms with Gasteiger partial charge in [-0.05, 0) is 18.1 Å². The third-order valence-electron chi connectivity index (χ3n) is 2.70. The van der Waals surface area contributed by atoms with Gasteiger partial charge in [-0.2, -0.15) is 0 Å². The number of fused-ring (bicyclic) bond motifs is 1. The maximum atomic E-state index is 6.10. The van der Waals surface area contributed by atoms with Gasteiger partial charge in [0.1, 0.15) is 0 Å². The van der Waals surface area contributed by atoms with Gasteiger partial charge < -0.3 is 10.6 Å². The zero-order chi connectivity index (χ0) is 9.42. The summed E-state index contributed by atoms with van der Waals surface area (Å²) in [5.74, 6) is 0. The highest BCUT2D eigenvalue weighted by molar-refractivity contribution is 6.33. The number of anilines is 1. The van der Waals surface area contributed by atoms with Gasteiger partial charge in [0.15, 0.2) is 0 Å². The van der Waals surface area contributed by atoms with Gasteiger partial charge in [0.05, 0.1) is 10.7 Å². The van der Waals surface area contributed by atoms with Crippen LogP contribution in [0.3, 0.4) is 0 Å². The van der Waals surface area contributed by atoms with Gasteiger partial charge >= 0.3 is 0 Å². The number of rotatable bonds is 1. The van der Waals surface area contributed by atoms with Crippen molar-refractivity contribution in [2.75, 3.05) is 18.5 Å². The topological polar surface area (TPSA) is 29.3 Å². The van der Waals surface area contributed by atoms with Crippen LogP contribution in [0.25, 0.3) is 0 Å². The Morgan fingerprint density at radius 2 is 2.38 bits per heavy atom. The van der Waals surface area contributed by atoms with Crippen molar-refractivity contribution in [3.8, 4) is 0 Å². The Balaban J connectivity index is 2.44. The SMILES string of the molecule is CN1c2c(Cl)cccc2CC1CN. The van der Waals surface area contributed by atoms with E-state index in [1.165, 1.54) is 5.56 Å². The first-order chi connectivity index (χ1) is 6.24. The molecule has 0 amide bonds. The Labute approximate surface area is 83.3 Å². The second-order valence-electron chi connectivity index (χ2n) is 3.45. The molecule has 0 spiro atoms. The van der Waals surface area contributed by atoms with Crippen LogP contribution in [0.15, 0.2) is 18.2 Å². The van der Waals surface area contributed by atoms with Crippen molar-refractivity contribution in [1.82, 2.24) is 0 Å². The largest absolute Gasteiger partial charge is 0.369 e. The smallest absolute Gasteiger partial charge is 0.0642 e. The molecule has 2 N–H and O–H groups in total. The zero-order valence-corrected chi connectivity index (χ0v) is 8.38. The molecule has 3 heteroatoms. The first kappa shape index (κ1) is 8.85. The number of para-hydroxylation sites is 1. The molecular weight excluding hydrogens is 184 g/mol. The third kappa shape index (κ3) is 1.30. The van der Waals surface area contributed by atoms with Crippen molar-refractivity contribution in [1.29, 1.82) is 0 Å². The summed E-state index contributed by atoms with van der Waals surface area (Å²) < 4.78 is 0. The summed E-state index contributed by atoms with van der Waals surface area (Å²) in [6.07, 6.45) is 1.02. The van der Waals surface area contributed by atoms with E-state index in [4.69, 9.17) is 17.3 Å². The normalized spacial score (nSPS) is 20.5. The molecule has 0 aromatic heterocycles. The molecule has 1 heterocycles. The lowest BCUT2D eigenvalue weighted by Crippen LogP contribution is -2.34. The van der Waals surface area contributed by atoms with Crippen molar-refractivity contribution < 1.29 is 0 Å². The number of hydrogen-bond acceptors (Lipinski definition) is 2. The summed E-state index contributed by atoms with van der Waals surface area (Å²) in [6, 6.07) is 6.45. The van der Waals surface area contributed by atoms with E-state index in [0.29, 0.717) is 12.6 Å². The molecule has 0 radical (unpaired) electrons. The first-order valence-electron chi connectivity index (χ1n) is 4.44. The summed E-state index contributed by atoms with van der Waals surface area (Å²) in [5, 5.41) is 0.830. The van der Waals surface area contributed by atoms with Crippen LogP contribution in [0, 0.1) is 0 Å². The van der Waals surface area contributed by atoms with Crippen LogP contribution in [0.5, 0.6) is 0 Å². The highest BCUT2D eigenvalue weighted by Crippen LogP contribution is 2.36. The second kappa shape index (κ2) is 3.20. The van der Waals surface area contributed by atoms with Crippen LogP contribution in [0.2, 0.25) is 5.02 Å². The molecule has 1 unspecified atom stereocenters. The molecule has 0 fully saturated rings. The summed E-state index contributed by atoms with van der Waals surface area (Å²) in [4.78, 5) is 2.18. The van der Waals surface area contributed by atoms with Crippen LogP contribution < -0.4 is 10.6 Å². The van der Waals surface area contributed by atoms with Crippen LogP contribution >= 0.6 is 11.6 Å². The number of halogens is 1. The Kier molecular flexibility index (Phi) is 2.18. The molecule has 1 aromatic carbocycles. The molecule has 13 heavy (non-hydrogen) atoms. The Morgan fingerprint density at radius 1 is 1.62 bits per heavy atom. The number of likely N-dealkylation sites (N-methyl/N-ethyl adjacent to an activating group) is 1. The fraction of sp³-hybridized carbons (Fsp3) is 0.400. The number of nitrogens with zero attached hydrogens (tertiary/aromatic N) is 1. The first-order valence-corrected chi connectivity index (χ1v) is 4.82. The Morgan fingerprint density at radius 3 is 3.00 bits per heavy atom. The lowest BCUT2D eigenvalue weighted by molar-refractivity contribution is 0.675. The molecule has 1 aromatic rings. The van der Waals surface area contributed by atoms with Gasteiger partial charge in [0.25, 0.3) is 0 Å². The van der Waals surface area contributed by atoms with E-state index >= 15 is 0 Å². The molecule has 0 saturated heterocycles. The molecule has 2 rings (SSSR count). The molecule has 1 aliphatic rings. The lowest BCUT2D eigenvalue weighted by Gasteiger charge is -2.21. The van der Waals surface area contributed by atoms with Gasteiger partial charge in [0, 0.05) is 19.6 Å². The second-order valence-corrected chi connectivity index (χ2v) is 3.86. The van der Waals surface area contributed by atoms with E-state index < -0.39 is 0 Å². The van der Waals surface area contributed by atoms with Crippen LogP contribution in [0.1, 0.15) is 5.56 Å². The summed E-state index contributed by atoms with van der Waals surface area (Å²) in [7, 11) is 2.05. The van der Waals surface area contributed by atoms with E-state index in [0.717, 1.165) is 17.1 Å². The minimum Gasteiger partial charge on any atom is -0.369 e. The minimum atomic E-state index is 0.412. The van der Waals surface area contributed by atoms with Crippen molar-refractivity contribution in [2.24, 2.45) is 5.73 Å². The monoisotopic (exact) mass is 196 g/mol. The average Bonchev–Trinajstić information content (AvgIpc) is 2.44. The summed E-state index contributed by atoms with van der Waals surface area (Å²) in [6.45, 7) is 0.682. The van der Waals surface area contributed by atoms with E-state index in [9.17, 15) is 0 Å². The van der Waals surface area contributed by atoms with E-state index in [2.05, 4.69) is 18.0 Å². The molecular formula is C10H13ClN2. The average molecular weight is 197 g/mol. The fourth-order valence-electron chi connectivity index (χ4n) is 1.93. The van der Waals surface area contributed by atoms with Gasteiger partial charge in [-0.3, -0.25) is 0 Å². The molecule has 2 nitrogen and oxygen atoms in total. The van der Waals surface area contributed by atoms with Gasteiger partial charge in [-0.1, -0.05) is 23.7 Å².